The van der Waals surface area contributed by atoms with E-state index in [-0.39, 0.29) is 6.92 Å². The normalized spacial score (nSPS) is 14.5. The SMILES string of the molecule is Cc1ccc(N(F)C(=O)C(C)(O)C(F)(F)S(=O)(=O)c2ccc(F)cc2)cc1. The van der Waals surface area contributed by atoms with Gasteiger partial charge in [-0.05, 0) is 50.2 Å². The minimum Gasteiger partial charge on any atom is -0.374 e. The average Bonchev–Trinajstić information content (AvgIpc) is 2.61. The number of halogens is 4. The summed E-state index contributed by atoms with van der Waals surface area (Å²) in [5.41, 5.74) is -3.73. The van der Waals surface area contributed by atoms with E-state index in [4.69, 9.17) is 0 Å². The van der Waals surface area contributed by atoms with Gasteiger partial charge < -0.3 is 5.11 Å². The number of benzene rings is 2. The van der Waals surface area contributed by atoms with Gasteiger partial charge in [0.1, 0.15) is 5.82 Å². The molecule has 1 atom stereocenters. The smallest absolute Gasteiger partial charge is 0.374 e. The van der Waals surface area contributed by atoms with Crippen LogP contribution in [0, 0.1) is 12.7 Å². The molecule has 2 aromatic rings. The third-order valence-electron chi connectivity index (χ3n) is 3.88. The Balaban J connectivity index is 2.43. The van der Waals surface area contributed by atoms with E-state index in [2.05, 4.69) is 0 Å². The fourth-order valence-electron chi connectivity index (χ4n) is 2.13. The molecule has 1 amide bonds. The van der Waals surface area contributed by atoms with E-state index in [1.54, 1.807) is 6.92 Å². The van der Waals surface area contributed by atoms with Crippen LogP contribution in [-0.2, 0) is 14.6 Å². The minimum absolute atomic E-state index is 0.192. The number of aryl methyl sites for hydroxylation is 1. The second-order valence-corrected chi connectivity index (χ2v) is 7.96. The summed E-state index contributed by atoms with van der Waals surface area (Å²) >= 11 is 0. The number of nitrogens with zero attached hydrogens (tertiary/aromatic N) is 1. The van der Waals surface area contributed by atoms with Crippen molar-refractivity contribution in [1.29, 1.82) is 0 Å². The summed E-state index contributed by atoms with van der Waals surface area (Å²) in [7, 11) is -5.64. The molecule has 2 rings (SSSR count). The van der Waals surface area contributed by atoms with Gasteiger partial charge in [0.15, 0.2) is 0 Å². The van der Waals surface area contributed by atoms with Gasteiger partial charge in [-0.2, -0.15) is 8.78 Å². The number of anilines is 1. The van der Waals surface area contributed by atoms with Gasteiger partial charge in [-0.1, -0.05) is 22.2 Å². The number of amides is 1. The third-order valence-corrected chi connectivity index (χ3v) is 5.85. The third kappa shape index (κ3) is 3.54. The Kier molecular flexibility index (Phi) is 5.35. The lowest BCUT2D eigenvalue weighted by atomic mass is 10.1. The van der Waals surface area contributed by atoms with E-state index in [0.29, 0.717) is 29.8 Å². The highest BCUT2D eigenvalue weighted by molar-refractivity contribution is 7.92. The fourth-order valence-corrected chi connectivity index (χ4v) is 3.53. The van der Waals surface area contributed by atoms with Crippen LogP contribution in [0.3, 0.4) is 0 Å². The van der Waals surface area contributed by atoms with Crippen LogP contribution < -0.4 is 5.12 Å². The molecule has 0 saturated carbocycles. The summed E-state index contributed by atoms with van der Waals surface area (Å²) in [4.78, 5) is 11.1. The first-order chi connectivity index (χ1) is 12.3. The average molecular weight is 405 g/mol. The molecule has 10 heteroatoms. The summed E-state index contributed by atoms with van der Waals surface area (Å²) in [6.07, 6.45) is 0. The van der Waals surface area contributed by atoms with Crippen LogP contribution in [0.5, 0.6) is 0 Å². The number of aliphatic hydroxyl groups is 1. The monoisotopic (exact) mass is 405 g/mol. The van der Waals surface area contributed by atoms with Crippen LogP contribution in [0.1, 0.15) is 12.5 Å². The van der Waals surface area contributed by atoms with Gasteiger partial charge in [0.2, 0.25) is 15.4 Å². The summed E-state index contributed by atoms with van der Waals surface area (Å²) in [5.74, 6) is -3.06. The quantitative estimate of drug-likeness (QED) is 0.471. The van der Waals surface area contributed by atoms with E-state index in [1.165, 1.54) is 12.1 Å². The van der Waals surface area contributed by atoms with Crippen molar-refractivity contribution in [2.75, 3.05) is 5.12 Å². The second-order valence-electron chi connectivity index (χ2n) is 5.97. The predicted octanol–water partition coefficient (Wildman–Crippen LogP) is 3.17. The molecular weight excluding hydrogens is 390 g/mol. The zero-order valence-electron chi connectivity index (χ0n) is 14.2. The number of carbonyl (C=O) groups excluding carboxylic acids is 1. The van der Waals surface area contributed by atoms with Crippen molar-refractivity contribution in [3.63, 3.8) is 0 Å². The maximum Gasteiger partial charge on any atom is 0.386 e. The number of sulfone groups is 1. The van der Waals surface area contributed by atoms with Crippen LogP contribution in [0.2, 0.25) is 0 Å². The molecule has 0 aliphatic rings. The largest absolute Gasteiger partial charge is 0.386 e. The zero-order chi connectivity index (χ0) is 20.6. The summed E-state index contributed by atoms with van der Waals surface area (Å²) < 4.78 is 80.8. The van der Waals surface area contributed by atoms with E-state index in [1.807, 2.05) is 0 Å². The number of rotatable bonds is 5. The Bertz CT molecular complexity index is 942. The molecule has 1 unspecified atom stereocenters. The van der Waals surface area contributed by atoms with Crippen LogP contribution in [0.25, 0.3) is 0 Å². The highest BCUT2D eigenvalue weighted by atomic mass is 32.2. The van der Waals surface area contributed by atoms with Crippen molar-refractivity contribution in [1.82, 2.24) is 0 Å². The highest BCUT2D eigenvalue weighted by Crippen LogP contribution is 2.40. The number of alkyl halides is 2. The summed E-state index contributed by atoms with van der Waals surface area (Å²) in [6.45, 7) is 1.85. The van der Waals surface area contributed by atoms with Crippen molar-refractivity contribution in [2.45, 2.75) is 29.6 Å². The van der Waals surface area contributed by atoms with Gasteiger partial charge in [0, 0.05) is 0 Å². The summed E-state index contributed by atoms with van der Waals surface area (Å²) in [5, 5.41) is 4.15. The van der Waals surface area contributed by atoms with Gasteiger partial charge in [-0.25, -0.2) is 12.8 Å². The lowest BCUT2D eigenvalue weighted by Crippen LogP contribution is -2.59. The first kappa shape index (κ1) is 20.8. The van der Waals surface area contributed by atoms with Crippen molar-refractivity contribution in [3.8, 4) is 0 Å². The molecular formula is C17H15F4NO4S. The first-order valence-corrected chi connectivity index (χ1v) is 8.98. The lowest BCUT2D eigenvalue weighted by molar-refractivity contribution is -0.162. The van der Waals surface area contributed by atoms with Gasteiger partial charge in [0.25, 0.3) is 5.91 Å². The van der Waals surface area contributed by atoms with Crippen molar-refractivity contribution in [3.05, 3.63) is 59.9 Å². The number of carbonyl (C=O) groups is 1. The molecule has 0 fully saturated rings. The maximum atomic E-state index is 14.6. The molecule has 0 bridgehead atoms. The Hall–Kier alpha value is -2.46. The van der Waals surface area contributed by atoms with Crippen molar-refractivity contribution >= 4 is 21.4 Å². The number of hydrogen-bond donors (Lipinski definition) is 1. The standard InChI is InChI=1S/C17H15F4NO4S/c1-11-3-7-13(8-4-11)22(21)15(23)16(2,24)17(19,20)27(25,26)14-9-5-12(18)6-10-14/h3-10,24H,1-2H3. The Labute approximate surface area is 152 Å². The molecule has 0 radical (unpaired) electrons. The topological polar surface area (TPSA) is 74.7 Å². The van der Waals surface area contributed by atoms with E-state index < -0.39 is 48.1 Å². The fraction of sp³-hybridized carbons (Fsp3) is 0.235. The van der Waals surface area contributed by atoms with E-state index in [0.717, 1.165) is 12.1 Å². The molecule has 0 saturated heterocycles. The molecule has 5 nitrogen and oxygen atoms in total. The van der Waals surface area contributed by atoms with Crippen LogP contribution in [0.4, 0.5) is 23.3 Å². The van der Waals surface area contributed by atoms with Gasteiger partial charge in [-0.3, -0.25) is 4.79 Å². The van der Waals surface area contributed by atoms with E-state index in [9.17, 15) is 36.0 Å². The zero-order valence-corrected chi connectivity index (χ0v) is 15.0. The molecule has 0 spiro atoms. The van der Waals surface area contributed by atoms with Crippen molar-refractivity contribution < 1.29 is 36.0 Å². The van der Waals surface area contributed by atoms with Gasteiger partial charge >= 0.3 is 5.25 Å². The molecule has 2 aromatic carbocycles. The minimum atomic E-state index is -5.64. The summed E-state index contributed by atoms with van der Waals surface area (Å²) in [6, 6.07) is 7.29. The van der Waals surface area contributed by atoms with Crippen molar-refractivity contribution in [2.24, 2.45) is 0 Å². The molecule has 1 N–H and O–H groups in total. The van der Waals surface area contributed by atoms with Gasteiger partial charge in [0.05, 0.1) is 10.6 Å². The first-order valence-electron chi connectivity index (χ1n) is 7.50. The Morgan fingerprint density at radius 1 is 1.04 bits per heavy atom. The molecule has 0 aliphatic heterocycles. The molecule has 0 aromatic heterocycles. The molecule has 0 heterocycles. The van der Waals surface area contributed by atoms with Gasteiger partial charge in [-0.15, -0.1) is 5.12 Å². The molecule has 146 valence electrons. The van der Waals surface area contributed by atoms with Crippen LogP contribution >= 0.6 is 0 Å². The maximum absolute atomic E-state index is 14.6. The van der Waals surface area contributed by atoms with E-state index >= 15 is 0 Å². The number of hydrogen-bond acceptors (Lipinski definition) is 4. The molecule has 27 heavy (non-hydrogen) atoms. The highest BCUT2D eigenvalue weighted by Gasteiger charge is 2.65. The second kappa shape index (κ2) is 6.93. The molecule has 0 aliphatic carbocycles. The Morgan fingerprint density at radius 3 is 2.00 bits per heavy atom. The predicted molar refractivity (Wildman–Crippen MR) is 88.9 cm³/mol. The lowest BCUT2D eigenvalue weighted by Gasteiger charge is -2.32. The van der Waals surface area contributed by atoms with Crippen LogP contribution in [-0.4, -0.2) is 30.3 Å². The van der Waals surface area contributed by atoms with Crippen LogP contribution in [0.15, 0.2) is 53.4 Å². The Morgan fingerprint density at radius 2 is 1.52 bits per heavy atom.